The average Bonchev–Trinajstić information content (AvgIpc) is 2.62. The van der Waals surface area contributed by atoms with Gasteiger partial charge in [0.2, 0.25) is 0 Å². The van der Waals surface area contributed by atoms with Crippen molar-refractivity contribution in [2.45, 2.75) is 19.3 Å². The summed E-state index contributed by atoms with van der Waals surface area (Å²) in [6, 6.07) is 7.45. The molecule has 1 aliphatic heterocycles. The number of guanidine groups is 1. The van der Waals surface area contributed by atoms with Crippen molar-refractivity contribution >= 4 is 41.5 Å². The van der Waals surface area contributed by atoms with Crippen molar-refractivity contribution in [3.8, 4) is 5.75 Å². The Morgan fingerprint density at radius 2 is 1.96 bits per heavy atom. The van der Waals surface area contributed by atoms with E-state index in [1.807, 2.05) is 38.4 Å². The third kappa shape index (κ3) is 8.31. The number of nitrogens with zero attached hydrogens (tertiary/aromatic N) is 3. The lowest BCUT2D eigenvalue weighted by Gasteiger charge is -2.29. The van der Waals surface area contributed by atoms with Crippen LogP contribution in [-0.4, -0.2) is 69.7 Å². The predicted molar refractivity (Wildman–Crippen MR) is 121 cm³/mol. The minimum absolute atomic E-state index is 0. The monoisotopic (exact) mass is 494 g/mol. The molecular formula is C19H32ClIN4O. The van der Waals surface area contributed by atoms with Crippen molar-refractivity contribution in [3.63, 3.8) is 0 Å². The maximum atomic E-state index is 5.88. The van der Waals surface area contributed by atoms with Gasteiger partial charge in [0.25, 0.3) is 0 Å². The Labute approximate surface area is 180 Å². The van der Waals surface area contributed by atoms with Crippen LogP contribution < -0.4 is 10.1 Å². The van der Waals surface area contributed by atoms with Crippen molar-refractivity contribution < 1.29 is 4.74 Å². The highest BCUT2D eigenvalue weighted by molar-refractivity contribution is 14.0. The third-order valence-corrected chi connectivity index (χ3v) is 5.01. The van der Waals surface area contributed by atoms with Gasteiger partial charge in [-0.05, 0) is 69.6 Å². The highest BCUT2D eigenvalue weighted by Gasteiger charge is 2.16. The first kappa shape index (κ1) is 23.3. The quantitative estimate of drug-likeness (QED) is 0.357. The van der Waals surface area contributed by atoms with Gasteiger partial charge in [-0.2, -0.15) is 0 Å². The van der Waals surface area contributed by atoms with E-state index in [9.17, 15) is 0 Å². The first-order chi connectivity index (χ1) is 12.1. The Balaban J connectivity index is 0.00000338. The summed E-state index contributed by atoms with van der Waals surface area (Å²) in [5.41, 5.74) is 0. The largest absolute Gasteiger partial charge is 0.492 e. The first-order valence-electron chi connectivity index (χ1n) is 9.07. The second kappa shape index (κ2) is 12.6. The van der Waals surface area contributed by atoms with Gasteiger partial charge in [0, 0.05) is 25.7 Å². The molecule has 1 aromatic carbocycles. The lowest BCUT2D eigenvalue weighted by Crippen LogP contribution is -2.42. The Bertz CT molecular complexity index is 533. The first-order valence-corrected chi connectivity index (χ1v) is 9.45. The summed E-state index contributed by atoms with van der Waals surface area (Å²) in [6.45, 7) is 4.80. The maximum Gasteiger partial charge on any atom is 0.193 e. The van der Waals surface area contributed by atoms with Crippen LogP contribution in [0.1, 0.15) is 19.3 Å². The lowest BCUT2D eigenvalue weighted by atomic mass is 9.94. The van der Waals surface area contributed by atoms with Gasteiger partial charge in [0.05, 0.1) is 6.54 Å². The number of aliphatic imine (C=N–C) groups is 1. The smallest absolute Gasteiger partial charge is 0.193 e. The van der Waals surface area contributed by atoms with Crippen LogP contribution in [0.25, 0.3) is 0 Å². The number of hydrogen-bond donors (Lipinski definition) is 1. The molecule has 2 rings (SSSR count). The number of likely N-dealkylation sites (N-methyl/N-ethyl adjacent to an activating group) is 1. The standard InChI is InChI=1S/C19H31ClN4O.HI/c1-21-19(22-11-8-16-9-12-23(2)13-10-16)24(3)14-15-25-18-6-4-17(20)5-7-18;/h4-7,16H,8-15H2,1-3H3,(H,21,22);1H. The van der Waals surface area contributed by atoms with Crippen LogP contribution in [0, 0.1) is 5.92 Å². The summed E-state index contributed by atoms with van der Waals surface area (Å²) in [5, 5.41) is 4.19. The zero-order valence-corrected chi connectivity index (χ0v) is 19.2. The number of benzene rings is 1. The molecule has 0 unspecified atom stereocenters. The zero-order chi connectivity index (χ0) is 18.1. The number of likely N-dealkylation sites (tertiary alicyclic amines) is 1. The molecule has 1 heterocycles. The van der Waals surface area contributed by atoms with Crippen LogP contribution in [0.15, 0.2) is 29.3 Å². The molecular weight excluding hydrogens is 463 g/mol. The van der Waals surface area contributed by atoms with E-state index in [0.717, 1.165) is 35.7 Å². The Kier molecular flexibility index (Phi) is 11.3. The van der Waals surface area contributed by atoms with Crippen molar-refractivity contribution in [1.82, 2.24) is 15.1 Å². The molecule has 1 aromatic rings. The predicted octanol–water partition coefficient (Wildman–Crippen LogP) is 3.58. The fourth-order valence-corrected chi connectivity index (χ4v) is 3.19. The molecule has 5 nitrogen and oxygen atoms in total. The molecule has 0 amide bonds. The molecule has 7 heteroatoms. The molecule has 0 saturated carbocycles. The number of halogens is 2. The van der Waals surface area contributed by atoms with Crippen molar-refractivity contribution in [3.05, 3.63) is 29.3 Å². The summed E-state index contributed by atoms with van der Waals surface area (Å²) in [6.07, 6.45) is 3.82. The molecule has 0 spiro atoms. The molecule has 0 radical (unpaired) electrons. The van der Waals surface area contributed by atoms with Gasteiger partial charge in [0.1, 0.15) is 12.4 Å². The second-order valence-corrected chi connectivity index (χ2v) is 7.17. The van der Waals surface area contributed by atoms with Gasteiger partial charge in [-0.25, -0.2) is 0 Å². The van der Waals surface area contributed by atoms with Crippen LogP contribution in [0.5, 0.6) is 5.75 Å². The average molecular weight is 495 g/mol. The van der Waals surface area contributed by atoms with E-state index in [0.29, 0.717) is 6.61 Å². The molecule has 26 heavy (non-hydrogen) atoms. The van der Waals surface area contributed by atoms with E-state index in [2.05, 4.69) is 27.2 Å². The molecule has 0 aromatic heterocycles. The Hall–Kier alpha value is -0.730. The number of ether oxygens (including phenoxy) is 1. The molecule has 1 saturated heterocycles. The molecule has 1 aliphatic rings. The second-order valence-electron chi connectivity index (χ2n) is 6.73. The van der Waals surface area contributed by atoms with E-state index < -0.39 is 0 Å². The SMILES string of the molecule is CN=C(NCCC1CCN(C)CC1)N(C)CCOc1ccc(Cl)cc1.I. The molecule has 0 aliphatic carbocycles. The number of piperidine rings is 1. The van der Waals surface area contributed by atoms with Crippen molar-refractivity contribution in [2.24, 2.45) is 10.9 Å². The van der Waals surface area contributed by atoms with Gasteiger partial charge in [-0.1, -0.05) is 11.6 Å². The summed E-state index contributed by atoms with van der Waals surface area (Å²) >= 11 is 5.88. The van der Waals surface area contributed by atoms with Gasteiger partial charge < -0.3 is 19.9 Å². The maximum absolute atomic E-state index is 5.88. The molecule has 0 atom stereocenters. The molecule has 1 fully saturated rings. The molecule has 1 N–H and O–H groups in total. The summed E-state index contributed by atoms with van der Waals surface area (Å²) in [7, 11) is 6.07. The van der Waals surface area contributed by atoms with Gasteiger partial charge in [-0.3, -0.25) is 4.99 Å². The van der Waals surface area contributed by atoms with E-state index in [-0.39, 0.29) is 24.0 Å². The molecule has 0 bridgehead atoms. The number of hydrogen-bond acceptors (Lipinski definition) is 3. The third-order valence-electron chi connectivity index (χ3n) is 4.76. The van der Waals surface area contributed by atoms with Crippen LogP contribution in [0.3, 0.4) is 0 Å². The van der Waals surface area contributed by atoms with Crippen LogP contribution >= 0.6 is 35.6 Å². The van der Waals surface area contributed by atoms with Crippen molar-refractivity contribution in [1.29, 1.82) is 0 Å². The zero-order valence-electron chi connectivity index (χ0n) is 16.1. The Morgan fingerprint density at radius 1 is 1.31 bits per heavy atom. The number of rotatable bonds is 7. The fourth-order valence-electron chi connectivity index (χ4n) is 3.06. The fraction of sp³-hybridized carbons (Fsp3) is 0.632. The van der Waals surface area contributed by atoms with Crippen molar-refractivity contribution in [2.75, 3.05) is 53.9 Å². The summed E-state index contributed by atoms with van der Waals surface area (Å²) in [4.78, 5) is 8.89. The minimum Gasteiger partial charge on any atom is -0.492 e. The van der Waals surface area contributed by atoms with Crippen LogP contribution in [-0.2, 0) is 0 Å². The lowest BCUT2D eigenvalue weighted by molar-refractivity contribution is 0.212. The topological polar surface area (TPSA) is 40.1 Å². The van der Waals surface area contributed by atoms with E-state index in [4.69, 9.17) is 16.3 Å². The number of nitrogens with one attached hydrogen (secondary N) is 1. The summed E-state index contributed by atoms with van der Waals surface area (Å²) < 4.78 is 5.75. The van der Waals surface area contributed by atoms with Crippen LogP contribution in [0.2, 0.25) is 5.02 Å². The van der Waals surface area contributed by atoms with Gasteiger partial charge in [0.15, 0.2) is 5.96 Å². The highest BCUT2D eigenvalue weighted by Crippen LogP contribution is 2.18. The summed E-state index contributed by atoms with van der Waals surface area (Å²) in [5.74, 6) is 2.59. The van der Waals surface area contributed by atoms with Gasteiger partial charge >= 0.3 is 0 Å². The highest BCUT2D eigenvalue weighted by atomic mass is 127. The minimum atomic E-state index is 0. The normalized spacial score (nSPS) is 16.1. The molecule has 148 valence electrons. The van der Waals surface area contributed by atoms with E-state index in [1.54, 1.807) is 0 Å². The van der Waals surface area contributed by atoms with Gasteiger partial charge in [-0.15, -0.1) is 24.0 Å². The van der Waals surface area contributed by atoms with E-state index >= 15 is 0 Å². The Morgan fingerprint density at radius 3 is 2.58 bits per heavy atom. The van der Waals surface area contributed by atoms with E-state index in [1.165, 1.54) is 32.4 Å². The van der Waals surface area contributed by atoms with Crippen LogP contribution in [0.4, 0.5) is 0 Å².